The number of benzene rings is 1. The minimum atomic E-state index is -0.0889. The van der Waals surface area contributed by atoms with Gasteiger partial charge in [-0.05, 0) is 19.1 Å². The summed E-state index contributed by atoms with van der Waals surface area (Å²) >= 11 is 12.1. The Kier molecular flexibility index (Phi) is 5.73. The molecule has 0 saturated carbocycles. The molecule has 0 aromatic heterocycles. The predicted molar refractivity (Wildman–Crippen MR) is 77.1 cm³/mol. The van der Waals surface area contributed by atoms with E-state index in [2.05, 4.69) is 5.32 Å². The van der Waals surface area contributed by atoms with E-state index in [0.717, 1.165) is 6.54 Å². The van der Waals surface area contributed by atoms with Crippen LogP contribution in [-0.4, -0.2) is 36.5 Å². The SMILES string of the molecule is C[C@H]1CN(C(=O)c2c(Cl)cccc2Cl)CCN1.Cl. The van der Waals surface area contributed by atoms with E-state index in [1.54, 1.807) is 23.1 Å². The number of piperazine rings is 1. The van der Waals surface area contributed by atoms with Crippen LogP contribution < -0.4 is 5.32 Å². The summed E-state index contributed by atoms with van der Waals surface area (Å²) in [4.78, 5) is 14.1. The number of hydrogen-bond donors (Lipinski definition) is 1. The first kappa shape index (κ1) is 15.6. The van der Waals surface area contributed by atoms with Gasteiger partial charge in [-0.2, -0.15) is 0 Å². The molecule has 0 spiro atoms. The number of carbonyl (C=O) groups excluding carboxylic acids is 1. The highest BCUT2D eigenvalue weighted by molar-refractivity contribution is 6.39. The lowest BCUT2D eigenvalue weighted by Gasteiger charge is -2.32. The van der Waals surface area contributed by atoms with Crippen LogP contribution >= 0.6 is 35.6 Å². The number of amides is 1. The van der Waals surface area contributed by atoms with Crippen LogP contribution in [0.2, 0.25) is 10.0 Å². The van der Waals surface area contributed by atoms with Crippen molar-refractivity contribution in [2.24, 2.45) is 0 Å². The molecule has 2 rings (SSSR count). The van der Waals surface area contributed by atoms with E-state index in [0.29, 0.717) is 34.7 Å². The normalized spacial score (nSPS) is 19.3. The fraction of sp³-hybridized carbons (Fsp3) is 0.417. The summed E-state index contributed by atoms with van der Waals surface area (Å²) in [6.45, 7) is 4.22. The van der Waals surface area contributed by atoms with Gasteiger partial charge in [-0.3, -0.25) is 4.79 Å². The highest BCUT2D eigenvalue weighted by atomic mass is 35.5. The van der Waals surface area contributed by atoms with Gasteiger partial charge < -0.3 is 10.2 Å². The van der Waals surface area contributed by atoms with Crippen molar-refractivity contribution in [2.75, 3.05) is 19.6 Å². The molecule has 3 nitrogen and oxygen atoms in total. The van der Waals surface area contributed by atoms with E-state index in [1.807, 2.05) is 6.92 Å². The molecule has 1 fully saturated rings. The molecule has 1 amide bonds. The Labute approximate surface area is 123 Å². The van der Waals surface area contributed by atoms with Crippen LogP contribution in [0.4, 0.5) is 0 Å². The van der Waals surface area contributed by atoms with Gasteiger partial charge in [-0.1, -0.05) is 29.3 Å². The lowest BCUT2D eigenvalue weighted by atomic mass is 10.1. The van der Waals surface area contributed by atoms with Gasteiger partial charge in [0.2, 0.25) is 0 Å². The minimum absolute atomic E-state index is 0. The summed E-state index contributed by atoms with van der Waals surface area (Å²) in [6.07, 6.45) is 0. The molecule has 0 radical (unpaired) electrons. The molecule has 0 unspecified atom stereocenters. The third kappa shape index (κ3) is 3.29. The summed E-state index contributed by atoms with van der Waals surface area (Å²) in [7, 11) is 0. The van der Waals surface area contributed by atoms with Gasteiger partial charge in [0.05, 0.1) is 15.6 Å². The van der Waals surface area contributed by atoms with Crippen molar-refractivity contribution in [3.63, 3.8) is 0 Å². The van der Waals surface area contributed by atoms with Crippen LogP contribution in [-0.2, 0) is 0 Å². The first-order valence-electron chi connectivity index (χ1n) is 5.56. The monoisotopic (exact) mass is 308 g/mol. The number of rotatable bonds is 1. The molecule has 1 heterocycles. The average molecular weight is 310 g/mol. The van der Waals surface area contributed by atoms with Crippen LogP contribution in [0.1, 0.15) is 17.3 Å². The largest absolute Gasteiger partial charge is 0.336 e. The summed E-state index contributed by atoms with van der Waals surface area (Å²) in [5.74, 6) is -0.0889. The zero-order chi connectivity index (χ0) is 12.4. The molecule has 1 aliphatic heterocycles. The van der Waals surface area contributed by atoms with Gasteiger partial charge in [-0.15, -0.1) is 12.4 Å². The molecule has 6 heteroatoms. The highest BCUT2D eigenvalue weighted by Gasteiger charge is 2.24. The quantitative estimate of drug-likeness (QED) is 0.865. The number of carbonyl (C=O) groups is 1. The molecule has 1 N–H and O–H groups in total. The molecule has 100 valence electrons. The van der Waals surface area contributed by atoms with E-state index in [9.17, 15) is 4.79 Å². The second-order valence-electron chi connectivity index (χ2n) is 4.20. The third-order valence-corrected chi connectivity index (χ3v) is 3.46. The molecule has 18 heavy (non-hydrogen) atoms. The van der Waals surface area contributed by atoms with Crippen molar-refractivity contribution >= 4 is 41.5 Å². The lowest BCUT2D eigenvalue weighted by molar-refractivity contribution is 0.0709. The second kappa shape index (κ2) is 6.62. The van der Waals surface area contributed by atoms with Crippen molar-refractivity contribution in [3.05, 3.63) is 33.8 Å². The third-order valence-electron chi connectivity index (χ3n) is 2.83. The smallest absolute Gasteiger partial charge is 0.256 e. The van der Waals surface area contributed by atoms with Gasteiger partial charge >= 0.3 is 0 Å². The maximum Gasteiger partial charge on any atom is 0.256 e. The molecule has 1 aliphatic rings. The minimum Gasteiger partial charge on any atom is -0.336 e. The van der Waals surface area contributed by atoms with Crippen LogP contribution in [0.15, 0.2) is 18.2 Å². The lowest BCUT2D eigenvalue weighted by Crippen LogP contribution is -2.51. The molecule has 1 aromatic rings. The Balaban J connectivity index is 0.00000162. The van der Waals surface area contributed by atoms with Crippen molar-refractivity contribution < 1.29 is 4.79 Å². The highest BCUT2D eigenvalue weighted by Crippen LogP contribution is 2.25. The predicted octanol–water partition coefficient (Wildman–Crippen LogP) is 2.85. The average Bonchev–Trinajstić information content (AvgIpc) is 2.28. The van der Waals surface area contributed by atoms with Crippen LogP contribution in [0.5, 0.6) is 0 Å². The molecule has 0 aliphatic carbocycles. The number of nitrogens with one attached hydrogen (secondary N) is 1. The first-order valence-corrected chi connectivity index (χ1v) is 6.32. The Morgan fingerprint density at radius 3 is 2.56 bits per heavy atom. The van der Waals surface area contributed by atoms with E-state index in [-0.39, 0.29) is 18.3 Å². The van der Waals surface area contributed by atoms with Gasteiger partial charge in [0.25, 0.3) is 5.91 Å². The topological polar surface area (TPSA) is 32.3 Å². The van der Waals surface area contributed by atoms with Gasteiger partial charge in [0.1, 0.15) is 0 Å². The van der Waals surface area contributed by atoms with Crippen molar-refractivity contribution in [2.45, 2.75) is 13.0 Å². The molecular weight excluding hydrogens is 295 g/mol. The number of hydrogen-bond acceptors (Lipinski definition) is 2. The molecule has 0 bridgehead atoms. The molecule has 1 atom stereocenters. The summed E-state index contributed by atoms with van der Waals surface area (Å²) < 4.78 is 0. The Morgan fingerprint density at radius 2 is 2.00 bits per heavy atom. The second-order valence-corrected chi connectivity index (χ2v) is 5.02. The standard InChI is InChI=1S/C12H14Cl2N2O.ClH/c1-8-7-16(6-5-15-8)12(17)11-9(13)3-2-4-10(11)14;/h2-4,8,15H,5-7H2,1H3;1H/t8-;/m0./s1. The van der Waals surface area contributed by atoms with Crippen LogP contribution in [0, 0.1) is 0 Å². The molecular formula is C12H15Cl3N2O. The fourth-order valence-electron chi connectivity index (χ4n) is 1.98. The maximum absolute atomic E-state index is 12.3. The van der Waals surface area contributed by atoms with Crippen molar-refractivity contribution in [1.82, 2.24) is 10.2 Å². The van der Waals surface area contributed by atoms with E-state index >= 15 is 0 Å². The van der Waals surface area contributed by atoms with Crippen LogP contribution in [0.25, 0.3) is 0 Å². The number of halogens is 3. The van der Waals surface area contributed by atoms with E-state index < -0.39 is 0 Å². The zero-order valence-corrected chi connectivity index (χ0v) is 12.3. The Hall–Kier alpha value is -0.480. The summed E-state index contributed by atoms with van der Waals surface area (Å²) in [6, 6.07) is 5.41. The van der Waals surface area contributed by atoms with Gasteiger partial charge in [-0.25, -0.2) is 0 Å². The Bertz CT molecular complexity index is 419. The fourth-order valence-corrected chi connectivity index (χ4v) is 2.54. The van der Waals surface area contributed by atoms with Crippen molar-refractivity contribution in [1.29, 1.82) is 0 Å². The molecule has 1 aromatic carbocycles. The first-order chi connectivity index (χ1) is 8.09. The van der Waals surface area contributed by atoms with Gasteiger partial charge in [0, 0.05) is 25.7 Å². The van der Waals surface area contributed by atoms with E-state index in [4.69, 9.17) is 23.2 Å². The summed E-state index contributed by atoms with van der Waals surface area (Å²) in [5, 5.41) is 4.11. The number of nitrogens with zero attached hydrogens (tertiary/aromatic N) is 1. The summed E-state index contributed by atoms with van der Waals surface area (Å²) in [5.41, 5.74) is 0.407. The Morgan fingerprint density at radius 1 is 1.39 bits per heavy atom. The zero-order valence-electron chi connectivity index (χ0n) is 9.95. The van der Waals surface area contributed by atoms with E-state index in [1.165, 1.54) is 0 Å². The van der Waals surface area contributed by atoms with Crippen molar-refractivity contribution in [3.8, 4) is 0 Å². The maximum atomic E-state index is 12.3. The van der Waals surface area contributed by atoms with Crippen LogP contribution in [0.3, 0.4) is 0 Å². The molecule has 1 saturated heterocycles. The van der Waals surface area contributed by atoms with Gasteiger partial charge in [0.15, 0.2) is 0 Å².